The van der Waals surface area contributed by atoms with Crippen LogP contribution in [0.1, 0.15) is 0 Å². The van der Waals surface area contributed by atoms with Gasteiger partial charge in [-0.25, -0.2) is 0 Å². The van der Waals surface area contributed by atoms with Gasteiger partial charge in [0.25, 0.3) is 0 Å². The molecular weight excluding hydrogens is 428 g/mol. The van der Waals surface area contributed by atoms with Crippen LogP contribution in [-0.4, -0.2) is 53.7 Å². The van der Waals surface area contributed by atoms with Gasteiger partial charge in [0.1, 0.15) is 4.91 Å². The zero-order valence-electron chi connectivity index (χ0n) is 18.6. The maximum absolute atomic E-state index is 12.1. The van der Waals surface area contributed by atoms with Gasteiger partial charge in [-0.1, -0.05) is 0 Å². The van der Waals surface area contributed by atoms with Crippen molar-refractivity contribution in [2.24, 2.45) is 11.5 Å². The molecule has 2 aromatic rings. The van der Waals surface area contributed by atoms with Crippen LogP contribution in [0.5, 0.6) is 46.0 Å². The molecule has 0 heterocycles. The van der Waals surface area contributed by atoms with Gasteiger partial charge in [-0.3, -0.25) is 5.41 Å². The largest absolute Gasteiger partial charge is 0.493 e. The standard InChI is InChI=1S/C18H22NO9.CH5N3/c1-21-13-7-11(8-14(22-2)17(13)25-5)27-19(20)28-12-9-15(23-3)18(26-6)16(10-12)24-4;2-1(3)4/h7-10H,1-6H3;(H5,2,3,4)/q+1;. The number of hydrogen-bond acceptors (Lipinski definition) is 10. The summed E-state index contributed by atoms with van der Waals surface area (Å²) < 4.78 is 31.3. The predicted molar refractivity (Wildman–Crippen MR) is 113 cm³/mol. The average Bonchev–Trinajstić information content (AvgIpc) is 2.76. The van der Waals surface area contributed by atoms with E-state index < -0.39 is 0 Å². The highest BCUT2D eigenvalue weighted by molar-refractivity contribution is 5.71. The molecule has 5 N–H and O–H groups in total. The van der Waals surface area contributed by atoms with E-state index in [-0.39, 0.29) is 22.5 Å². The quantitative estimate of drug-likeness (QED) is 0.270. The molecule has 13 heteroatoms. The third-order valence-electron chi connectivity index (χ3n) is 3.64. The number of rotatable bonds is 10. The van der Waals surface area contributed by atoms with Crippen molar-refractivity contribution in [3.63, 3.8) is 0 Å². The second-order valence-corrected chi connectivity index (χ2v) is 5.58. The summed E-state index contributed by atoms with van der Waals surface area (Å²) in [4.78, 5) is 22.4. The Bertz CT molecular complexity index is 815. The van der Waals surface area contributed by atoms with Gasteiger partial charge in [-0.15, -0.1) is 9.68 Å². The highest BCUT2D eigenvalue weighted by Crippen LogP contribution is 2.42. The van der Waals surface area contributed by atoms with E-state index in [2.05, 4.69) is 11.5 Å². The van der Waals surface area contributed by atoms with Crippen LogP contribution in [0, 0.1) is 10.3 Å². The van der Waals surface area contributed by atoms with Crippen molar-refractivity contribution in [1.82, 2.24) is 0 Å². The van der Waals surface area contributed by atoms with Crippen LogP contribution in [0.3, 0.4) is 0 Å². The number of methoxy groups -OCH3 is 6. The molecule has 0 amide bonds. The maximum atomic E-state index is 12.1. The molecule has 2 aromatic carbocycles. The highest BCUT2D eigenvalue weighted by atomic mass is 17.0. The SMILES string of the molecule is COc1cc(O[N+](=O)Oc2cc(OC)c(OC)c(OC)c2)cc(OC)c1OC.N=C(N)N. The fourth-order valence-corrected chi connectivity index (χ4v) is 2.41. The van der Waals surface area contributed by atoms with Gasteiger partial charge in [0.15, 0.2) is 29.0 Å². The number of guanidine groups is 1. The van der Waals surface area contributed by atoms with Crippen molar-refractivity contribution >= 4 is 5.96 Å². The first-order chi connectivity index (χ1) is 15.2. The van der Waals surface area contributed by atoms with Gasteiger partial charge in [-0.2, -0.15) is 0 Å². The van der Waals surface area contributed by atoms with Crippen molar-refractivity contribution in [2.45, 2.75) is 0 Å². The van der Waals surface area contributed by atoms with Crippen LogP contribution in [0.15, 0.2) is 24.3 Å². The number of nitrogens with zero attached hydrogens (tertiary/aromatic N) is 1. The molecular formula is C19H27N4O9+. The van der Waals surface area contributed by atoms with Gasteiger partial charge < -0.3 is 39.9 Å². The lowest BCUT2D eigenvalue weighted by molar-refractivity contribution is -0.920. The first kappa shape index (κ1) is 25.7. The summed E-state index contributed by atoms with van der Waals surface area (Å²) in [7, 11) is 8.72. The van der Waals surface area contributed by atoms with Crippen molar-refractivity contribution in [2.75, 3.05) is 42.7 Å². The highest BCUT2D eigenvalue weighted by Gasteiger charge is 2.24. The van der Waals surface area contributed by atoms with Crippen molar-refractivity contribution in [3.05, 3.63) is 29.2 Å². The summed E-state index contributed by atoms with van der Waals surface area (Å²) in [6, 6.07) is 5.80. The topological polar surface area (TPSA) is 170 Å². The van der Waals surface area contributed by atoms with E-state index in [4.69, 9.17) is 43.5 Å². The van der Waals surface area contributed by atoms with Crippen LogP contribution >= 0.6 is 0 Å². The molecule has 0 aliphatic rings. The molecule has 0 radical (unpaired) electrons. The Labute approximate surface area is 184 Å². The first-order valence-corrected chi connectivity index (χ1v) is 8.77. The van der Waals surface area contributed by atoms with E-state index in [0.717, 1.165) is 0 Å². The Kier molecular flexibility index (Phi) is 9.99. The zero-order valence-corrected chi connectivity index (χ0v) is 18.6. The Morgan fingerprint density at radius 2 is 0.906 bits per heavy atom. The molecule has 0 saturated carbocycles. The molecule has 0 aliphatic carbocycles. The molecule has 32 heavy (non-hydrogen) atoms. The molecule has 0 fully saturated rings. The van der Waals surface area contributed by atoms with Gasteiger partial charge in [-0.05, 0) is 0 Å². The summed E-state index contributed by atoms with van der Waals surface area (Å²) in [5.74, 6) is 1.88. The molecule has 2 rings (SSSR count). The summed E-state index contributed by atoms with van der Waals surface area (Å²) in [6.07, 6.45) is 0. The van der Waals surface area contributed by atoms with Gasteiger partial charge in [0.05, 0.1) is 42.7 Å². The molecule has 0 bridgehead atoms. The van der Waals surface area contributed by atoms with Crippen LogP contribution in [-0.2, 0) is 0 Å². The fourth-order valence-electron chi connectivity index (χ4n) is 2.41. The predicted octanol–water partition coefficient (Wildman–Crippen LogP) is 1.64. The Balaban J connectivity index is 0.00000118. The minimum Gasteiger partial charge on any atom is -0.493 e. The van der Waals surface area contributed by atoms with Gasteiger partial charge >= 0.3 is 5.09 Å². The van der Waals surface area contributed by atoms with Gasteiger partial charge in [0.2, 0.25) is 23.0 Å². The first-order valence-electron chi connectivity index (χ1n) is 8.77. The molecule has 0 aromatic heterocycles. The lowest BCUT2D eigenvalue weighted by Crippen LogP contribution is -2.20. The third-order valence-corrected chi connectivity index (χ3v) is 3.64. The zero-order chi connectivity index (χ0) is 24.3. The summed E-state index contributed by atoms with van der Waals surface area (Å²) >= 11 is 0. The summed E-state index contributed by atoms with van der Waals surface area (Å²) in [5, 5.41) is 5.97. The van der Waals surface area contributed by atoms with E-state index in [1.165, 1.54) is 66.9 Å². The minimum atomic E-state index is -0.333. The Morgan fingerprint density at radius 3 is 1.09 bits per heavy atom. The van der Waals surface area contributed by atoms with E-state index in [1.54, 1.807) is 0 Å². The van der Waals surface area contributed by atoms with E-state index in [1.807, 2.05) is 0 Å². The smallest absolute Gasteiger partial charge is 0.489 e. The van der Waals surface area contributed by atoms with E-state index >= 15 is 0 Å². The lowest BCUT2D eigenvalue weighted by atomic mass is 10.2. The van der Waals surface area contributed by atoms with E-state index in [9.17, 15) is 4.91 Å². The normalized spacial score (nSPS) is 9.44. The van der Waals surface area contributed by atoms with Gasteiger partial charge in [0, 0.05) is 24.3 Å². The molecule has 176 valence electrons. The van der Waals surface area contributed by atoms with Crippen LogP contribution in [0.25, 0.3) is 0 Å². The van der Waals surface area contributed by atoms with Crippen molar-refractivity contribution in [1.29, 1.82) is 5.41 Å². The molecule has 0 aliphatic heterocycles. The monoisotopic (exact) mass is 455 g/mol. The second-order valence-electron chi connectivity index (χ2n) is 5.58. The molecule has 0 saturated heterocycles. The average molecular weight is 455 g/mol. The molecule has 13 nitrogen and oxygen atoms in total. The van der Waals surface area contributed by atoms with Crippen LogP contribution in [0.2, 0.25) is 0 Å². The minimum absolute atomic E-state index is 0.0820. The van der Waals surface area contributed by atoms with Crippen LogP contribution < -0.4 is 49.6 Å². The number of benzene rings is 2. The molecule has 0 atom stereocenters. The second kappa shape index (κ2) is 12.4. The van der Waals surface area contributed by atoms with Crippen molar-refractivity contribution < 1.29 is 43.2 Å². The Hall–Kier alpha value is -4.29. The summed E-state index contributed by atoms with van der Waals surface area (Å²) in [5.41, 5.74) is 8.94. The van der Waals surface area contributed by atoms with E-state index in [0.29, 0.717) is 34.5 Å². The fraction of sp³-hybridized carbons (Fsp3) is 0.316. The summed E-state index contributed by atoms with van der Waals surface area (Å²) in [6.45, 7) is 0. The number of nitrogens with two attached hydrogens (primary N) is 2. The number of nitrogens with one attached hydrogen (secondary N) is 1. The van der Waals surface area contributed by atoms with Crippen LogP contribution in [0.4, 0.5) is 0 Å². The van der Waals surface area contributed by atoms with Crippen molar-refractivity contribution in [3.8, 4) is 46.0 Å². The maximum Gasteiger partial charge on any atom is 0.489 e. The molecule has 0 spiro atoms. The number of ether oxygens (including phenoxy) is 6. The lowest BCUT2D eigenvalue weighted by Gasteiger charge is -2.12. The molecule has 0 unspecified atom stereocenters. The number of hydrogen-bond donors (Lipinski definition) is 3. The Morgan fingerprint density at radius 1 is 0.656 bits per heavy atom. The third kappa shape index (κ3) is 6.90.